The molecule has 0 aliphatic rings. The molecule has 0 bridgehead atoms. The Bertz CT molecular complexity index is 996. The van der Waals surface area contributed by atoms with Gasteiger partial charge in [0.15, 0.2) is 11.5 Å². The molecule has 1 amide bonds. The molecule has 0 unspecified atom stereocenters. The quantitative estimate of drug-likeness (QED) is 0.648. The van der Waals surface area contributed by atoms with E-state index in [2.05, 4.69) is 15.5 Å². The van der Waals surface area contributed by atoms with Crippen LogP contribution in [0.2, 0.25) is 0 Å². The summed E-state index contributed by atoms with van der Waals surface area (Å²) in [6, 6.07) is 8.43. The predicted octanol–water partition coefficient (Wildman–Crippen LogP) is 3.39. The fourth-order valence-corrected chi connectivity index (χ4v) is 2.72. The maximum absolute atomic E-state index is 13.8. The van der Waals surface area contributed by atoms with Gasteiger partial charge in [-0.05, 0) is 31.2 Å². The molecule has 9 heteroatoms. The standard InChI is InChI=1S/C20H20FN3O5/c1-11(22-19(25)13-7-5-6-8-14(13)21)20-23-18(24-29-20)12-9-15(26-2)17(28-4)16(10-12)27-3/h5-11H,1-4H3,(H,22,25)/t11-/m0/s1. The van der Waals surface area contributed by atoms with Crippen molar-refractivity contribution in [1.82, 2.24) is 15.5 Å². The zero-order valence-electron chi connectivity index (χ0n) is 16.4. The number of hydrogen-bond donors (Lipinski definition) is 1. The van der Waals surface area contributed by atoms with E-state index in [0.29, 0.717) is 22.8 Å². The molecule has 1 aromatic heterocycles. The van der Waals surface area contributed by atoms with Crippen LogP contribution < -0.4 is 19.5 Å². The smallest absolute Gasteiger partial charge is 0.254 e. The Morgan fingerprint density at radius 1 is 1.10 bits per heavy atom. The monoisotopic (exact) mass is 401 g/mol. The van der Waals surface area contributed by atoms with Crippen LogP contribution in [-0.4, -0.2) is 37.4 Å². The first-order chi connectivity index (χ1) is 14.0. The van der Waals surface area contributed by atoms with Gasteiger partial charge < -0.3 is 24.1 Å². The third kappa shape index (κ3) is 4.13. The number of amides is 1. The molecule has 3 aromatic rings. The van der Waals surface area contributed by atoms with Gasteiger partial charge in [-0.25, -0.2) is 4.39 Å². The normalized spacial score (nSPS) is 11.6. The number of halogens is 1. The fourth-order valence-electron chi connectivity index (χ4n) is 2.72. The first-order valence-corrected chi connectivity index (χ1v) is 8.67. The lowest BCUT2D eigenvalue weighted by Crippen LogP contribution is -2.27. The third-order valence-corrected chi connectivity index (χ3v) is 4.20. The van der Waals surface area contributed by atoms with Gasteiger partial charge in [0.2, 0.25) is 17.5 Å². The van der Waals surface area contributed by atoms with Gasteiger partial charge in [-0.15, -0.1) is 0 Å². The molecule has 1 N–H and O–H groups in total. The number of aromatic nitrogens is 2. The van der Waals surface area contributed by atoms with Crippen molar-refractivity contribution < 1.29 is 27.9 Å². The highest BCUT2D eigenvalue weighted by Crippen LogP contribution is 2.40. The van der Waals surface area contributed by atoms with Gasteiger partial charge in [0.25, 0.3) is 5.91 Å². The molecular formula is C20H20FN3O5. The number of carbonyl (C=O) groups excluding carboxylic acids is 1. The maximum atomic E-state index is 13.8. The molecule has 0 saturated carbocycles. The Kier molecular flexibility index (Phi) is 5.96. The Hall–Kier alpha value is -3.62. The molecule has 152 valence electrons. The first-order valence-electron chi connectivity index (χ1n) is 8.67. The van der Waals surface area contributed by atoms with Gasteiger partial charge in [0, 0.05) is 5.56 Å². The number of hydrogen-bond acceptors (Lipinski definition) is 7. The summed E-state index contributed by atoms with van der Waals surface area (Å²) in [5, 5.41) is 6.58. The zero-order chi connectivity index (χ0) is 21.0. The van der Waals surface area contributed by atoms with Crippen LogP contribution in [0.4, 0.5) is 4.39 Å². The van der Waals surface area contributed by atoms with E-state index in [1.807, 2.05) is 0 Å². The number of rotatable bonds is 7. The Labute approximate surface area is 166 Å². The summed E-state index contributed by atoms with van der Waals surface area (Å²) >= 11 is 0. The van der Waals surface area contributed by atoms with Crippen LogP contribution >= 0.6 is 0 Å². The van der Waals surface area contributed by atoms with Gasteiger partial charge in [0.1, 0.15) is 11.9 Å². The Balaban J connectivity index is 1.83. The van der Waals surface area contributed by atoms with E-state index in [0.717, 1.165) is 0 Å². The molecule has 8 nitrogen and oxygen atoms in total. The van der Waals surface area contributed by atoms with Crippen molar-refractivity contribution in [2.45, 2.75) is 13.0 Å². The highest BCUT2D eigenvalue weighted by Gasteiger charge is 2.21. The molecule has 1 heterocycles. The minimum atomic E-state index is -0.634. The highest BCUT2D eigenvalue weighted by atomic mass is 19.1. The van der Waals surface area contributed by atoms with Crippen LogP contribution in [0.1, 0.15) is 29.2 Å². The van der Waals surface area contributed by atoms with E-state index < -0.39 is 17.8 Å². The number of carbonyl (C=O) groups is 1. The van der Waals surface area contributed by atoms with Gasteiger partial charge in [0.05, 0.1) is 26.9 Å². The number of nitrogens with one attached hydrogen (secondary N) is 1. The van der Waals surface area contributed by atoms with E-state index >= 15 is 0 Å². The van der Waals surface area contributed by atoms with Crippen molar-refractivity contribution in [2.75, 3.05) is 21.3 Å². The Morgan fingerprint density at radius 3 is 2.34 bits per heavy atom. The molecule has 0 aliphatic heterocycles. The molecule has 29 heavy (non-hydrogen) atoms. The van der Waals surface area contributed by atoms with Gasteiger partial charge >= 0.3 is 0 Å². The van der Waals surface area contributed by atoms with Crippen molar-refractivity contribution in [1.29, 1.82) is 0 Å². The minimum absolute atomic E-state index is 0.0660. The highest BCUT2D eigenvalue weighted by molar-refractivity contribution is 5.94. The number of ether oxygens (including phenoxy) is 3. The summed E-state index contributed by atoms with van der Waals surface area (Å²) in [6.07, 6.45) is 0. The van der Waals surface area contributed by atoms with Crippen molar-refractivity contribution >= 4 is 5.91 Å². The van der Waals surface area contributed by atoms with E-state index in [4.69, 9.17) is 18.7 Å². The van der Waals surface area contributed by atoms with E-state index in [1.54, 1.807) is 25.1 Å². The van der Waals surface area contributed by atoms with Crippen molar-refractivity contribution in [3.63, 3.8) is 0 Å². The SMILES string of the molecule is COc1cc(-c2noc([C@H](C)NC(=O)c3ccccc3F)n2)cc(OC)c1OC. The molecular weight excluding hydrogens is 381 g/mol. The molecule has 1 atom stereocenters. The molecule has 3 rings (SSSR count). The molecule has 0 spiro atoms. The van der Waals surface area contributed by atoms with Crippen LogP contribution in [0.15, 0.2) is 40.9 Å². The Morgan fingerprint density at radius 2 is 1.76 bits per heavy atom. The summed E-state index contributed by atoms with van der Waals surface area (Å²) < 4.78 is 35.0. The third-order valence-electron chi connectivity index (χ3n) is 4.20. The van der Waals surface area contributed by atoms with Crippen molar-refractivity contribution in [3.05, 3.63) is 53.7 Å². The van der Waals surface area contributed by atoms with Crippen LogP contribution in [0.25, 0.3) is 11.4 Å². The van der Waals surface area contributed by atoms with Gasteiger partial charge in [-0.2, -0.15) is 4.98 Å². The summed E-state index contributed by atoms with van der Waals surface area (Å²) in [7, 11) is 4.51. The lowest BCUT2D eigenvalue weighted by molar-refractivity contribution is 0.0928. The summed E-state index contributed by atoms with van der Waals surface area (Å²) in [5.41, 5.74) is 0.505. The van der Waals surface area contributed by atoms with E-state index in [1.165, 1.54) is 39.5 Å². The van der Waals surface area contributed by atoms with Crippen molar-refractivity contribution in [2.24, 2.45) is 0 Å². The second-order valence-electron chi connectivity index (χ2n) is 6.05. The molecule has 0 fully saturated rings. The zero-order valence-corrected chi connectivity index (χ0v) is 16.4. The van der Waals surface area contributed by atoms with Crippen molar-refractivity contribution in [3.8, 4) is 28.6 Å². The fraction of sp³-hybridized carbons (Fsp3) is 0.250. The van der Waals surface area contributed by atoms with Crippen LogP contribution in [0.3, 0.4) is 0 Å². The molecule has 2 aromatic carbocycles. The van der Waals surface area contributed by atoms with E-state index in [9.17, 15) is 9.18 Å². The molecule has 0 radical (unpaired) electrons. The summed E-state index contributed by atoms with van der Waals surface area (Å²) in [5.74, 6) is 0.560. The topological polar surface area (TPSA) is 95.7 Å². The minimum Gasteiger partial charge on any atom is -0.493 e. The lowest BCUT2D eigenvalue weighted by atomic mass is 10.1. The summed E-state index contributed by atoms with van der Waals surface area (Å²) in [4.78, 5) is 16.6. The number of nitrogens with zero attached hydrogens (tertiary/aromatic N) is 2. The first kappa shape index (κ1) is 20.1. The molecule has 0 aliphatic carbocycles. The van der Waals surface area contributed by atoms with Crippen LogP contribution in [-0.2, 0) is 0 Å². The van der Waals surface area contributed by atoms with Crippen LogP contribution in [0, 0.1) is 5.82 Å². The second kappa shape index (κ2) is 8.59. The average molecular weight is 401 g/mol. The predicted molar refractivity (Wildman–Crippen MR) is 102 cm³/mol. The number of benzene rings is 2. The lowest BCUT2D eigenvalue weighted by Gasteiger charge is -2.12. The van der Waals surface area contributed by atoms with Crippen LogP contribution in [0.5, 0.6) is 17.2 Å². The summed E-state index contributed by atoms with van der Waals surface area (Å²) in [6.45, 7) is 1.66. The maximum Gasteiger partial charge on any atom is 0.254 e. The second-order valence-corrected chi connectivity index (χ2v) is 6.05. The molecule has 0 saturated heterocycles. The van der Waals surface area contributed by atoms with Gasteiger partial charge in [-0.3, -0.25) is 4.79 Å². The van der Waals surface area contributed by atoms with Gasteiger partial charge in [-0.1, -0.05) is 17.3 Å². The average Bonchev–Trinajstić information content (AvgIpc) is 3.23. The largest absolute Gasteiger partial charge is 0.493 e. The number of methoxy groups -OCH3 is 3. The van der Waals surface area contributed by atoms with E-state index in [-0.39, 0.29) is 17.3 Å².